The van der Waals surface area contributed by atoms with E-state index in [-0.39, 0.29) is 26.0 Å². The van der Waals surface area contributed by atoms with Crippen molar-refractivity contribution >= 4 is 10.4 Å². The first-order chi connectivity index (χ1) is 23.1. The zero-order chi connectivity index (χ0) is 36.7. The molecule has 0 spiro atoms. The molecule has 3 rings (SSSR count). The fourth-order valence-electron chi connectivity index (χ4n) is 6.18. The van der Waals surface area contributed by atoms with Crippen molar-refractivity contribution in [2.45, 2.75) is 170 Å². The van der Waals surface area contributed by atoms with E-state index in [1.54, 1.807) is 0 Å². The Labute approximate surface area is 289 Å². The predicted octanol–water partition coefficient (Wildman–Crippen LogP) is -2.57. The molecule has 14 atom stereocenters. The SMILES string of the molecule is CCCCCCCCCCCCOS(=O)(=O)O.NC[C@H]1O[C@H](O[C@H]2[C@H](O)[C@@H](O[C@H]3O[C@H](CO)[C@@H](O)[C@H](N)[C@H]3O)[C@H](N)C[C@@H]2N)[C@H](N)C[C@@H]1O. The van der Waals surface area contributed by atoms with E-state index >= 15 is 0 Å². The maximum Gasteiger partial charge on any atom is 0.397 e. The number of rotatable bonds is 18. The van der Waals surface area contributed by atoms with E-state index in [0.717, 1.165) is 12.8 Å². The van der Waals surface area contributed by atoms with E-state index in [1.807, 2.05) is 0 Å². The largest absolute Gasteiger partial charge is 0.397 e. The van der Waals surface area contributed by atoms with E-state index in [4.69, 9.17) is 52.2 Å². The zero-order valence-corrected chi connectivity index (χ0v) is 29.3. The van der Waals surface area contributed by atoms with Crippen LogP contribution in [0.5, 0.6) is 0 Å². The van der Waals surface area contributed by atoms with Gasteiger partial charge in [-0.1, -0.05) is 64.7 Å². The number of unbranched alkanes of at least 4 members (excludes halogenated alkanes) is 9. The topological polar surface area (TPSA) is 332 Å². The molecular weight excluding hydrogens is 670 g/mol. The highest BCUT2D eigenvalue weighted by Crippen LogP contribution is 2.30. The standard InChI is InChI=1S/C18H37N5O9.C12H26O4S/c19-3-9-8(25)2-7(22)17(29-9)31-15-5(20)1-6(21)16(14(15)28)32-18-13(27)11(23)12(26)10(4-24)30-18;1-2-3-4-5-6-7-8-9-10-11-12-16-17(13,14)15/h5-18,24-28H,1-4,19-23H2;2-12H2,1H3,(H,13,14,15)/t5-,6+,7+,8-,9+,10+,11-,12+,13+,14-,15+,16-,17+,18+;/m0./s1. The van der Waals surface area contributed by atoms with Crippen molar-refractivity contribution in [3.05, 3.63) is 0 Å². The van der Waals surface area contributed by atoms with Crippen LogP contribution in [0.1, 0.15) is 84.0 Å². The van der Waals surface area contributed by atoms with E-state index in [1.165, 1.54) is 44.9 Å². The van der Waals surface area contributed by atoms with Crippen LogP contribution in [-0.2, 0) is 33.5 Å². The minimum absolute atomic E-state index is 0.0542. The lowest BCUT2D eigenvalue weighted by atomic mass is 9.84. The second kappa shape index (κ2) is 22.4. The maximum atomic E-state index is 11.0. The summed E-state index contributed by atoms with van der Waals surface area (Å²) in [5.41, 5.74) is 29.8. The van der Waals surface area contributed by atoms with Crippen LogP contribution in [0.25, 0.3) is 0 Å². The summed E-state index contributed by atoms with van der Waals surface area (Å²) in [6.45, 7) is 1.81. The molecule has 3 aliphatic rings. The predicted molar refractivity (Wildman–Crippen MR) is 178 cm³/mol. The van der Waals surface area contributed by atoms with Gasteiger partial charge in [-0.25, -0.2) is 4.18 Å². The second-order valence-electron chi connectivity index (χ2n) is 13.2. The monoisotopic (exact) mass is 733 g/mol. The Bertz CT molecular complexity index is 1010. The smallest absolute Gasteiger partial charge is 0.394 e. The lowest BCUT2D eigenvalue weighted by Crippen LogP contribution is -2.68. The molecule has 0 amide bonds. The van der Waals surface area contributed by atoms with Gasteiger partial charge in [0, 0.05) is 18.6 Å². The second-order valence-corrected chi connectivity index (χ2v) is 14.3. The Kier molecular flexibility index (Phi) is 20.3. The molecule has 2 saturated heterocycles. The van der Waals surface area contributed by atoms with E-state index in [2.05, 4.69) is 11.1 Å². The number of hydrogen-bond donors (Lipinski definition) is 11. The van der Waals surface area contributed by atoms with Crippen molar-refractivity contribution in [2.24, 2.45) is 28.7 Å². The van der Waals surface area contributed by atoms with Gasteiger partial charge in [0.1, 0.15) is 36.6 Å². The van der Waals surface area contributed by atoms with E-state index < -0.39 is 103 Å². The average molecular weight is 734 g/mol. The van der Waals surface area contributed by atoms with Crippen LogP contribution in [0.2, 0.25) is 0 Å². The minimum atomic E-state index is -4.23. The van der Waals surface area contributed by atoms with Crippen LogP contribution in [-0.4, -0.2) is 144 Å². The highest BCUT2D eigenvalue weighted by atomic mass is 32.3. The van der Waals surface area contributed by atoms with Crippen molar-refractivity contribution in [2.75, 3.05) is 19.8 Å². The Morgan fingerprint density at radius 2 is 1.20 bits per heavy atom. The van der Waals surface area contributed by atoms with Crippen molar-refractivity contribution in [3.63, 3.8) is 0 Å². The van der Waals surface area contributed by atoms with E-state index in [0.29, 0.717) is 6.42 Å². The van der Waals surface area contributed by atoms with Gasteiger partial charge in [-0.3, -0.25) is 4.55 Å². The summed E-state index contributed by atoms with van der Waals surface area (Å²) >= 11 is 0. The summed E-state index contributed by atoms with van der Waals surface area (Å²) in [4.78, 5) is 0. The molecule has 1 saturated carbocycles. The first kappa shape index (κ1) is 44.5. The molecule has 49 heavy (non-hydrogen) atoms. The number of ether oxygens (including phenoxy) is 4. The third-order valence-electron chi connectivity index (χ3n) is 9.15. The first-order valence-electron chi connectivity index (χ1n) is 17.4. The molecule has 0 aromatic heterocycles. The Balaban J connectivity index is 0.000000417. The molecule has 3 fully saturated rings. The van der Waals surface area contributed by atoms with Gasteiger partial charge in [0.05, 0.1) is 37.5 Å². The maximum absolute atomic E-state index is 11.0. The summed E-state index contributed by atoms with van der Waals surface area (Å²) in [5.74, 6) is 0. The third kappa shape index (κ3) is 14.7. The van der Waals surface area contributed by atoms with Crippen molar-refractivity contribution < 1.29 is 61.6 Å². The third-order valence-corrected chi connectivity index (χ3v) is 9.61. The molecule has 0 bridgehead atoms. The van der Waals surface area contributed by atoms with E-state index in [9.17, 15) is 34.0 Å². The van der Waals surface area contributed by atoms with Crippen molar-refractivity contribution in [3.8, 4) is 0 Å². The molecule has 1 aliphatic carbocycles. The molecule has 2 aliphatic heterocycles. The van der Waals surface area contributed by atoms with Crippen molar-refractivity contribution in [1.29, 1.82) is 0 Å². The zero-order valence-electron chi connectivity index (χ0n) is 28.5. The molecule has 2 heterocycles. The van der Waals surface area contributed by atoms with Gasteiger partial charge in [0.15, 0.2) is 12.6 Å². The highest BCUT2D eigenvalue weighted by Gasteiger charge is 2.50. The van der Waals surface area contributed by atoms with Crippen LogP contribution in [0.3, 0.4) is 0 Å². The molecule has 0 aromatic rings. The molecular formula is C30H63N5O13S. The van der Waals surface area contributed by atoms with Crippen LogP contribution in [0.4, 0.5) is 0 Å². The van der Waals surface area contributed by atoms with Gasteiger partial charge >= 0.3 is 10.4 Å². The summed E-state index contributed by atoms with van der Waals surface area (Å²) in [7, 11) is -4.23. The van der Waals surface area contributed by atoms with Crippen LogP contribution < -0.4 is 28.7 Å². The van der Waals surface area contributed by atoms with Gasteiger partial charge in [-0.15, -0.1) is 0 Å². The molecule has 19 heteroatoms. The Morgan fingerprint density at radius 1 is 0.694 bits per heavy atom. The number of hydrogen-bond acceptors (Lipinski definition) is 17. The normalized spacial score (nSPS) is 38.5. The molecule has 0 aromatic carbocycles. The molecule has 0 radical (unpaired) electrons. The van der Waals surface area contributed by atoms with Crippen molar-refractivity contribution in [1.82, 2.24) is 0 Å². The number of aliphatic hydroxyl groups excluding tert-OH is 5. The fraction of sp³-hybridized carbons (Fsp3) is 1.00. The minimum Gasteiger partial charge on any atom is -0.394 e. The van der Waals surface area contributed by atoms with Crippen LogP contribution in [0.15, 0.2) is 0 Å². The molecule has 292 valence electrons. The van der Waals surface area contributed by atoms with Gasteiger partial charge < -0.3 is 73.1 Å². The molecule has 16 N–H and O–H groups in total. The summed E-state index contributed by atoms with van der Waals surface area (Å²) in [5, 5.41) is 50.7. The number of aliphatic hydroxyl groups is 5. The lowest BCUT2D eigenvalue weighted by Gasteiger charge is -2.47. The average Bonchev–Trinajstić information content (AvgIpc) is 3.04. The van der Waals surface area contributed by atoms with Gasteiger partial charge in [0.2, 0.25) is 0 Å². The molecule has 18 nitrogen and oxygen atoms in total. The lowest BCUT2D eigenvalue weighted by molar-refractivity contribution is -0.314. The summed E-state index contributed by atoms with van der Waals surface area (Å²) in [6, 6.07) is -3.27. The Morgan fingerprint density at radius 3 is 1.71 bits per heavy atom. The summed E-state index contributed by atoms with van der Waals surface area (Å²) in [6.07, 6.45) is 1.09. The summed E-state index contributed by atoms with van der Waals surface area (Å²) < 4.78 is 55.7. The molecule has 0 unspecified atom stereocenters. The highest BCUT2D eigenvalue weighted by molar-refractivity contribution is 7.80. The van der Waals surface area contributed by atoms with Crippen LogP contribution in [0, 0.1) is 0 Å². The van der Waals surface area contributed by atoms with Crippen LogP contribution >= 0.6 is 0 Å². The first-order valence-corrected chi connectivity index (χ1v) is 18.8. The number of nitrogens with two attached hydrogens (primary N) is 5. The van der Waals surface area contributed by atoms with Gasteiger partial charge in [-0.2, -0.15) is 8.42 Å². The fourth-order valence-corrected chi connectivity index (χ4v) is 6.51. The quantitative estimate of drug-likeness (QED) is 0.0509. The van der Waals surface area contributed by atoms with Gasteiger partial charge in [0.25, 0.3) is 0 Å². The Hall–Kier alpha value is -0.690. The van der Waals surface area contributed by atoms with Gasteiger partial charge in [-0.05, 0) is 19.3 Å².